The van der Waals surface area contributed by atoms with Gasteiger partial charge in [-0.25, -0.2) is 14.2 Å². The molecule has 2 heterocycles. The number of nitrogens with one attached hydrogen (secondary N) is 1. The van der Waals surface area contributed by atoms with Crippen molar-refractivity contribution in [1.29, 1.82) is 0 Å². The SMILES string of the molecule is CCOC(=O)C1=C(C)N=C2SC=C(CC(=O)NCc3ccc(F)cc3)N2[C@@H]1c1cc(OC)cc(OC)c1. The van der Waals surface area contributed by atoms with E-state index in [0.29, 0.717) is 33.6 Å². The Kier molecular flexibility index (Phi) is 8.17. The highest BCUT2D eigenvalue weighted by molar-refractivity contribution is 8.16. The van der Waals surface area contributed by atoms with Crippen LogP contribution in [0.3, 0.4) is 0 Å². The first-order chi connectivity index (χ1) is 17.8. The summed E-state index contributed by atoms with van der Waals surface area (Å²) in [5, 5.41) is 5.39. The number of hydrogen-bond donors (Lipinski definition) is 1. The summed E-state index contributed by atoms with van der Waals surface area (Å²) in [5.41, 5.74) is 3.11. The average molecular weight is 526 g/mol. The predicted molar refractivity (Wildman–Crippen MR) is 139 cm³/mol. The van der Waals surface area contributed by atoms with Crippen LogP contribution < -0.4 is 14.8 Å². The minimum absolute atomic E-state index is 0.0555. The van der Waals surface area contributed by atoms with Crippen molar-refractivity contribution in [2.75, 3.05) is 20.8 Å². The highest BCUT2D eigenvalue weighted by Crippen LogP contribution is 2.46. The van der Waals surface area contributed by atoms with Crippen LogP contribution in [0.2, 0.25) is 0 Å². The van der Waals surface area contributed by atoms with Gasteiger partial charge in [-0.05, 0) is 54.6 Å². The molecule has 4 rings (SSSR count). The fourth-order valence-corrected chi connectivity index (χ4v) is 5.14. The summed E-state index contributed by atoms with van der Waals surface area (Å²) < 4.78 is 29.5. The molecule has 0 spiro atoms. The fourth-order valence-electron chi connectivity index (χ4n) is 4.17. The van der Waals surface area contributed by atoms with Crippen molar-refractivity contribution in [2.45, 2.75) is 32.9 Å². The molecule has 0 unspecified atom stereocenters. The number of ether oxygens (including phenoxy) is 3. The van der Waals surface area contributed by atoms with E-state index in [2.05, 4.69) is 10.3 Å². The number of amides is 1. The number of methoxy groups -OCH3 is 2. The zero-order valence-corrected chi connectivity index (χ0v) is 21.9. The Labute approximate surface area is 219 Å². The third-order valence-electron chi connectivity index (χ3n) is 5.93. The number of hydrogen-bond acceptors (Lipinski definition) is 8. The lowest BCUT2D eigenvalue weighted by Gasteiger charge is -2.36. The second-order valence-electron chi connectivity index (χ2n) is 8.34. The van der Waals surface area contributed by atoms with Gasteiger partial charge in [-0.3, -0.25) is 4.79 Å². The Morgan fingerprint density at radius 1 is 1.11 bits per heavy atom. The fraction of sp³-hybridized carbons (Fsp3) is 0.296. The highest BCUT2D eigenvalue weighted by Gasteiger charge is 2.41. The van der Waals surface area contributed by atoms with Gasteiger partial charge >= 0.3 is 5.97 Å². The molecule has 2 aliphatic heterocycles. The van der Waals surface area contributed by atoms with E-state index in [0.717, 1.165) is 11.1 Å². The summed E-state index contributed by atoms with van der Waals surface area (Å²) in [5.74, 6) is 0.0958. The smallest absolute Gasteiger partial charge is 0.338 e. The standard InChI is InChI=1S/C27H28FN3O5S/c1-5-36-26(33)24-16(2)30-27-31(25(24)18-10-21(34-3)13-22(11-18)35-4)20(15-37-27)12-23(32)29-14-17-6-8-19(28)9-7-17/h6-11,13,15,25H,5,12,14H2,1-4H3,(H,29,32)/t25-/m1/s1. The molecule has 2 aliphatic rings. The third-order valence-corrected chi connectivity index (χ3v) is 6.82. The van der Waals surface area contributed by atoms with Crippen LogP contribution in [-0.4, -0.2) is 42.8 Å². The molecule has 0 radical (unpaired) electrons. The molecule has 0 aliphatic carbocycles. The molecule has 1 amide bonds. The predicted octanol–water partition coefficient (Wildman–Crippen LogP) is 4.69. The van der Waals surface area contributed by atoms with Crippen molar-refractivity contribution < 1.29 is 28.2 Å². The van der Waals surface area contributed by atoms with Gasteiger partial charge in [0.05, 0.1) is 44.6 Å². The van der Waals surface area contributed by atoms with Crippen LogP contribution in [0.1, 0.15) is 37.4 Å². The molecule has 0 bridgehead atoms. The number of fused-ring (bicyclic) bond motifs is 1. The van der Waals surface area contributed by atoms with Crippen LogP contribution in [0.25, 0.3) is 0 Å². The van der Waals surface area contributed by atoms with E-state index in [1.165, 1.54) is 23.9 Å². The number of esters is 1. The Morgan fingerprint density at radius 2 is 1.78 bits per heavy atom. The Balaban J connectivity index is 1.65. The average Bonchev–Trinajstić information content (AvgIpc) is 3.28. The summed E-state index contributed by atoms with van der Waals surface area (Å²) in [6.07, 6.45) is 0.0555. The van der Waals surface area contributed by atoms with Gasteiger partial charge in [-0.15, -0.1) is 0 Å². The van der Waals surface area contributed by atoms with Crippen LogP contribution in [-0.2, 0) is 20.9 Å². The molecule has 0 fully saturated rings. The van der Waals surface area contributed by atoms with Gasteiger partial charge in [0.15, 0.2) is 5.17 Å². The molecule has 2 aromatic rings. The Hall–Kier alpha value is -3.79. The van der Waals surface area contributed by atoms with Gasteiger partial charge in [0.1, 0.15) is 17.3 Å². The van der Waals surface area contributed by atoms with Crippen molar-refractivity contribution >= 4 is 28.8 Å². The highest BCUT2D eigenvalue weighted by atomic mass is 32.2. The number of allylic oxidation sites excluding steroid dienone is 1. The normalized spacial score (nSPS) is 16.6. The number of nitrogens with zero attached hydrogens (tertiary/aromatic N) is 2. The molecule has 0 saturated carbocycles. The minimum Gasteiger partial charge on any atom is -0.497 e. The van der Waals surface area contributed by atoms with Gasteiger partial charge in [0, 0.05) is 18.3 Å². The monoisotopic (exact) mass is 525 g/mol. The first-order valence-electron chi connectivity index (χ1n) is 11.7. The second-order valence-corrected chi connectivity index (χ2v) is 9.18. The Bertz CT molecular complexity index is 1270. The maximum Gasteiger partial charge on any atom is 0.338 e. The maximum absolute atomic E-state index is 13.2. The van der Waals surface area contributed by atoms with Crippen molar-refractivity contribution in [3.8, 4) is 11.5 Å². The van der Waals surface area contributed by atoms with Crippen molar-refractivity contribution in [3.05, 3.63) is 81.8 Å². The van der Waals surface area contributed by atoms with Gasteiger partial charge in [0.2, 0.25) is 5.91 Å². The summed E-state index contributed by atoms with van der Waals surface area (Å²) in [4.78, 5) is 32.6. The van der Waals surface area contributed by atoms with E-state index >= 15 is 0 Å². The Morgan fingerprint density at radius 3 is 2.41 bits per heavy atom. The largest absolute Gasteiger partial charge is 0.497 e. The van der Waals surface area contributed by atoms with E-state index in [4.69, 9.17) is 14.2 Å². The molecular formula is C27H28FN3O5S. The topological polar surface area (TPSA) is 89.5 Å². The molecule has 8 nitrogen and oxygen atoms in total. The van der Waals surface area contributed by atoms with Crippen LogP contribution in [0, 0.1) is 5.82 Å². The zero-order valence-electron chi connectivity index (χ0n) is 21.0. The lowest BCUT2D eigenvalue weighted by molar-refractivity contribution is -0.139. The molecule has 0 aromatic heterocycles. The lowest BCUT2D eigenvalue weighted by atomic mass is 9.93. The van der Waals surface area contributed by atoms with Crippen LogP contribution in [0.5, 0.6) is 11.5 Å². The van der Waals surface area contributed by atoms with E-state index in [-0.39, 0.29) is 31.3 Å². The molecule has 194 valence electrons. The number of thioether (sulfide) groups is 1. The number of halogens is 1. The molecule has 37 heavy (non-hydrogen) atoms. The van der Waals surface area contributed by atoms with Gasteiger partial charge in [0.25, 0.3) is 0 Å². The number of aliphatic imine (C=N–C) groups is 1. The van der Waals surface area contributed by atoms with Crippen molar-refractivity contribution in [2.24, 2.45) is 4.99 Å². The number of carbonyl (C=O) groups is 2. The quantitative estimate of drug-likeness (QED) is 0.475. The van der Waals surface area contributed by atoms with Gasteiger partial charge in [-0.2, -0.15) is 0 Å². The van der Waals surface area contributed by atoms with Crippen molar-refractivity contribution in [3.63, 3.8) is 0 Å². The van der Waals surface area contributed by atoms with Crippen LogP contribution in [0.4, 0.5) is 4.39 Å². The molecule has 1 atom stereocenters. The van der Waals surface area contributed by atoms with Crippen LogP contribution in [0.15, 0.2) is 69.8 Å². The van der Waals surface area contributed by atoms with Gasteiger partial charge < -0.3 is 24.4 Å². The van der Waals surface area contributed by atoms with Gasteiger partial charge in [-0.1, -0.05) is 23.9 Å². The summed E-state index contributed by atoms with van der Waals surface area (Å²) in [6, 6.07) is 10.8. The molecule has 2 aromatic carbocycles. The lowest BCUT2D eigenvalue weighted by Crippen LogP contribution is -2.38. The van der Waals surface area contributed by atoms with Crippen molar-refractivity contribution in [1.82, 2.24) is 10.2 Å². The van der Waals surface area contributed by atoms with Crippen LogP contribution >= 0.6 is 11.8 Å². The number of carbonyl (C=O) groups excluding carboxylic acids is 2. The summed E-state index contributed by atoms with van der Waals surface area (Å²) in [6.45, 7) is 4.00. The molecule has 0 saturated heterocycles. The molecule has 10 heteroatoms. The second kappa shape index (κ2) is 11.5. The number of rotatable bonds is 9. The zero-order chi connectivity index (χ0) is 26.5. The van der Waals surface area contributed by atoms with E-state index in [1.807, 2.05) is 22.4 Å². The number of amidine groups is 1. The van der Waals surface area contributed by atoms with E-state index < -0.39 is 12.0 Å². The number of benzene rings is 2. The molecule has 1 N–H and O–H groups in total. The minimum atomic E-state index is -0.610. The first-order valence-corrected chi connectivity index (χ1v) is 12.6. The third kappa shape index (κ3) is 5.80. The summed E-state index contributed by atoms with van der Waals surface area (Å²) >= 11 is 1.39. The maximum atomic E-state index is 13.2. The summed E-state index contributed by atoms with van der Waals surface area (Å²) in [7, 11) is 3.12. The molecular weight excluding hydrogens is 497 g/mol. The first kappa shape index (κ1) is 26.3. The van der Waals surface area contributed by atoms with E-state index in [9.17, 15) is 14.0 Å². The van der Waals surface area contributed by atoms with E-state index in [1.54, 1.807) is 46.3 Å².